The molecular formula is C24H48O2. The minimum atomic E-state index is 0.0167. The van der Waals surface area contributed by atoms with E-state index in [0.717, 1.165) is 12.8 Å². The normalized spacial score (nSPS) is 12.3. The molecule has 0 aromatic heterocycles. The molecule has 26 heavy (non-hydrogen) atoms. The molecule has 1 unspecified atom stereocenters. The van der Waals surface area contributed by atoms with Gasteiger partial charge in [-0.1, -0.05) is 117 Å². The van der Waals surface area contributed by atoms with Gasteiger partial charge in [0.15, 0.2) is 0 Å². The zero-order valence-corrected chi connectivity index (χ0v) is 18.3. The van der Waals surface area contributed by atoms with Crippen molar-refractivity contribution in [3.05, 3.63) is 0 Å². The van der Waals surface area contributed by atoms with Gasteiger partial charge in [-0.2, -0.15) is 0 Å². The average molecular weight is 369 g/mol. The van der Waals surface area contributed by atoms with Gasteiger partial charge >= 0.3 is 5.97 Å². The van der Waals surface area contributed by atoms with Crippen molar-refractivity contribution < 1.29 is 9.53 Å². The van der Waals surface area contributed by atoms with Crippen LogP contribution in [0.5, 0.6) is 0 Å². The Balaban J connectivity index is 3.30. The molecule has 0 radical (unpaired) electrons. The van der Waals surface area contributed by atoms with E-state index < -0.39 is 0 Å². The van der Waals surface area contributed by atoms with Crippen LogP contribution in [0.4, 0.5) is 0 Å². The van der Waals surface area contributed by atoms with Crippen molar-refractivity contribution in [2.24, 2.45) is 5.92 Å². The Morgan fingerprint density at radius 2 is 1.12 bits per heavy atom. The van der Waals surface area contributed by atoms with E-state index in [1.807, 2.05) is 0 Å². The van der Waals surface area contributed by atoms with Gasteiger partial charge in [0.05, 0.1) is 6.61 Å². The van der Waals surface area contributed by atoms with Crippen LogP contribution in [0, 0.1) is 5.92 Å². The van der Waals surface area contributed by atoms with Gasteiger partial charge in [0.25, 0.3) is 0 Å². The highest BCUT2D eigenvalue weighted by Gasteiger charge is 2.09. The number of carbonyl (C=O) groups excluding carboxylic acids is 1. The second-order valence-electron chi connectivity index (χ2n) is 8.09. The number of hydrogen-bond acceptors (Lipinski definition) is 2. The van der Waals surface area contributed by atoms with Crippen LogP contribution in [-0.4, -0.2) is 12.6 Å². The van der Waals surface area contributed by atoms with Gasteiger partial charge in [-0.05, 0) is 18.8 Å². The molecule has 1 atom stereocenters. The van der Waals surface area contributed by atoms with Crippen molar-refractivity contribution in [3.63, 3.8) is 0 Å². The maximum Gasteiger partial charge on any atom is 0.305 e. The van der Waals surface area contributed by atoms with Gasteiger partial charge in [0, 0.05) is 6.42 Å². The van der Waals surface area contributed by atoms with Gasteiger partial charge in [-0.25, -0.2) is 0 Å². The highest BCUT2D eigenvalue weighted by atomic mass is 16.5. The number of hydrogen-bond donors (Lipinski definition) is 0. The maximum atomic E-state index is 11.8. The molecule has 0 aliphatic heterocycles. The number of ether oxygens (including phenoxy) is 1. The van der Waals surface area contributed by atoms with E-state index in [1.54, 1.807) is 0 Å². The molecule has 156 valence electrons. The molecule has 0 spiro atoms. The van der Waals surface area contributed by atoms with Crippen LogP contribution < -0.4 is 0 Å². The van der Waals surface area contributed by atoms with Crippen LogP contribution in [0.1, 0.15) is 136 Å². The van der Waals surface area contributed by atoms with Crippen molar-refractivity contribution >= 4 is 5.97 Å². The molecule has 0 bridgehead atoms. The molecule has 2 nitrogen and oxygen atoms in total. The summed E-state index contributed by atoms with van der Waals surface area (Å²) in [6, 6.07) is 0. The summed E-state index contributed by atoms with van der Waals surface area (Å²) in [7, 11) is 0. The summed E-state index contributed by atoms with van der Waals surface area (Å²) in [5, 5.41) is 0. The standard InChI is InChI=1S/C24H48O2/c1-4-7-9-10-11-12-13-14-15-16-17-18-19-21-24(25)26-22-23(6-3)20-8-5-2/h23H,4-22H2,1-3H3. The lowest BCUT2D eigenvalue weighted by Crippen LogP contribution is -2.13. The third-order valence-corrected chi connectivity index (χ3v) is 5.51. The number of unbranched alkanes of at least 4 members (excludes halogenated alkanes) is 13. The third-order valence-electron chi connectivity index (χ3n) is 5.51. The Morgan fingerprint density at radius 3 is 1.58 bits per heavy atom. The zero-order chi connectivity index (χ0) is 19.3. The van der Waals surface area contributed by atoms with Crippen LogP contribution in [0.25, 0.3) is 0 Å². The van der Waals surface area contributed by atoms with E-state index in [0.29, 0.717) is 18.9 Å². The lowest BCUT2D eigenvalue weighted by molar-refractivity contribution is -0.145. The first kappa shape index (κ1) is 25.5. The van der Waals surface area contributed by atoms with Crippen LogP contribution in [0.2, 0.25) is 0 Å². The zero-order valence-electron chi connectivity index (χ0n) is 18.3. The predicted octanol–water partition coefficient (Wildman–Crippen LogP) is 8.23. The first-order valence-corrected chi connectivity index (χ1v) is 11.9. The summed E-state index contributed by atoms with van der Waals surface area (Å²) < 4.78 is 5.46. The molecule has 0 fully saturated rings. The minimum Gasteiger partial charge on any atom is -0.465 e. The van der Waals surface area contributed by atoms with Crippen molar-refractivity contribution in [1.29, 1.82) is 0 Å². The van der Waals surface area contributed by atoms with Gasteiger partial charge < -0.3 is 4.74 Å². The lowest BCUT2D eigenvalue weighted by Gasteiger charge is -2.14. The lowest BCUT2D eigenvalue weighted by atomic mass is 10.0. The molecular weight excluding hydrogens is 320 g/mol. The van der Waals surface area contributed by atoms with Gasteiger partial charge in [0.1, 0.15) is 0 Å². The Hall–Kier alpha value is -0.530. The second kappa shape index (κ2) is 20.8. The number of rotatable bonds is 20. The fourth-order valence-corrected chi connectivity index (χ4v) is 3.47. The second-order valence-corrected chi connectivity index (χ2v) is 8.09. The third kappa shape index (κ3) is 18.3. The summed E-state index contributed by atoms with van der Waals surface area (Å²) in [4.78, 5) is 11.8. The highest BCUT2D eigenvalue weighted by Crippen LogP contribution is 2.15. The summed E-state index contributed by atoms with van der Waals surface area (Å²) in [5.41, 5.74) is 0. The molecule has 2 heteroatoms. The first-order chi connectivity index (χ1) is 12.7. The molecule has 0 aliphatic rings. The topological polar surface area (TPSA) is 26.3 Å². The van der Waals surface area contributed by atoms with Gasteiger partial charge in [-0.3, -0.25) is 4.79 Å². The van der Waals surface area contributed by atoms with Crippen LogP contribution >= 0.6 is 0 Å². The summed E-state index contributed by atoms with van der Waals surface area (Å²) in [5.74, 6) is 0.577. The Morgan fingerprint density at radius 1 is 0.654 bits per heavy atom. The molecule has 0 N–H and O–H groups in total. The van der Waals surface area contributed by atoms with Gasteiger partial charge in [0.2, 0.25) is 0 Å². The smallest absolute Gasteiger partial charge is 0.305 e. The van der Waals surface area contributed by atoms with Crippen molar-refractivity contribution in [1.82, 2.24) is 0 Å². The molecule has 0 aliphatic carbocycles. The van der Waals surface area contributed by atoms with E-state index in [1.165, 1.54) is 96.3 Å². The first-order valence-electron chi connectivity index (χ1n) is 11.9. The molecule has 0 saturated heterocycles. The largest absolute Gasteiger partial charge is 0.465 e. The van der Waals surface area contributed by atoms with E-state index in [2.05, 4.69) is 20.8 Å². The quantitative estimate of drug-likeness (QED) is 0.160. The van der Waals surface area contributed by atoms with Crippen molar-refractivity contribution in [2.75, 3.05) is 6.61 Å². The average Bonchev–Trinajstić information content (AvgIpc) is 2.65. The predicted molar refractivity (Wildman–Crippen MR) is 115 cm³/mol. The SMILES string of the molecule is CCCCCCCCCCCCCCCC(=O)OCC(CC)CCCC. The summed E-state index contributed by atoms with van der Waals surface area (Å²) >= 11 is 0. The molecule has 0 rings (SSSR count). The van der Waals surface area contributed by atoms with Crippen LogP contribution in [-0.2, 0) is 9.53 Å². The molecule has 0 aromatic carbocycles. The number of esters is 1. The van der Waals surface area contributed by atoms with E-state index in [4.69, 9.17) is 4.74 Å². The van der Waals surface area contributed by atoms with Gasteiger partial charge in [-0.15, -0.1) is 0 Å². The number of carbonyl (C=O) groups is 1. The Labute approximate surface area is 164 Å². The minimum absolute atomic E-state index is 0.0167. The highest BCUT2D eigenvalue weighted by molar-refractivity contribution is 5.69. The van der Waals surface area contributed by atoms with E-state index >= 15 is 0 Å². The fraction of sp³-hybridized carbons (Fsp3) is 0.958. The maximum absolute atomic E-state index is 11.8. The van der Waals surface area contributed by atoms with Crippen molar-refractivity contribution in [3.8, 4) is 0 Å². The Kier molecular flexibility index (Phi) is 20.4. The van der Waals surface area contributed by atoms with Crippen LogP contribution in [0.15, 0.2) is 0 Å². The van der Waals surface area contributed by atoms with Crippen LogP contribution in [0.3, 0.4) is 0 Å². The summed E-state index contributed by atoms with van der Waals surface area (Å²) in [6.07, 6.45) is 22.8. The summed E-state index contributed by atoms with van der Waals surface area (Å²) in [6.45, 7) is 7.32. The molecule has 0 aromatic rings. The van der Waals surface area contributed by atoms with Crippen molar-refractivity contribution in [2.45, 2.75) is 136 Å². The molecule has 0 heterocycles. The fourth-order valence-electron chi connectivity index (χ4n) is 3.47. The Bertz CT molecular complexity index is 288. The van der Waals surface area contributed by atoms with E-state index in [9.17, 15) is 4.79 Å². The molecule has 0 amide bonds. The monoisotopic (exact) mass is 368 g/mol. The molecule has 0 saturated carbocycles. The van der Waals surface area contributed by atoms with E-state index in [-0.39, 0.29) is 5.97 Å².